The number of hydrogen-bond acceptors (Lipinski definition) is 6. The van der Waals surface area contributed by atoms with Crippen LogP contribution in [0, 0.1) is 11.3 Å². The number of nitrogen functional groups attached to an aromatic ring is 1. The zero-order valence-corrected chi connectivity index (χ0v) is 10.2. The Morgan fingerprint density at radius 1 is 1.50 bits per heavy atom. The van der Waals surface area contributed by atoms with Gasteiger partial charge < -0.3 is 15.4 Å². The number of amides is 1. The number of anilines is 1. The molecule has 0 aromatic carbocycles. The Bertz CT molecular complexity index is 426. The third-order valence-corrected chi connectivity index (χ3v) is 2.25. The summed E-state index contributed by atoms with van der Waals surface area (Å²) in [6.45, 7) is 1.15. The Morgan fingerprint density at radius 3 is 2.83 bits per heavy atom. The average Bonchev–Trinajstić information content (AvgIpc) is 2.39. The largest absolute Gasteiger partial charge is 0.383 e. The first kappa shape index (κ1) is 13.9. The second-order valence-electron chi connectivity index (χ2n) is 3.54. The zero-order valence-electron chi connectivity index (χ0n) is 10.2. The van der Waals surface area contributed by atoms with E-state index in [0.29, 0.717) is 19.7 Å². The standard InChI is InChI=1S/C11H15N5O2/c1-18-8-7-16(6-2-5-12)11(17)9-3-4-10(13)15-14-9/h3-4H,2,6-8H2,1H3,(H2,13,15). The highest BCUT2D eigenvalue weighted by Gasteiger charge is 2.16. The second kappa shape index (κ2) is 7.19. The van der Waals surface area contributed by atoms with E-state index in [1.54, 1.807) is 7.11 Å². The molecule has 1 aromatic heterocycles. The van der Waals surface area contributed by atoms with Crippen molar-refractivity contribution in [3.63, 3.8) is 0 Å². The molecule has 0 saturated heterocycles. The lowest BCUT2D eigenvalue weighted by Gasteiger charge is -2.20. The molecule has 2 N–H and O–H groups in total. The molecule has 0 atom stereocenters. The van der Waals surface area contributed by atoms with E-state index in [1.165, 1.54) is 17.0 Å². The van der Waals surface area contributed by atoms with Crippen LogP contribution in [-0.2, 0) is 4.74 Å². The minimum Gasteiger partial charge on any atom is -0.383 e. The van der Waals surface area contributed by atoms with E-state index in [1.807, 2.05) is 6.07 Å². The molecule has 18 heavy (non-hydrogen) atoms. The molecule has 0 fully saturated rings. The van der Waals surface area contributed by atoms with Crippen molar-refractivity contribution >= 4 is 11.7 Å². The summed E-state index contributed by atoms with van der Waals surface area (Å²) in [6, 6.07) is 5.02. The molecule has 7 nitrogen and oxygen atoms in total. The number of carbonyl (C=O) groups is 1. The third-order valence-electron chi connectivity index (χ3n) is 2.25. The summed E-state index contributed by atoms with van der Waals surface area (Å²) in [6.07, 6.45) is 0.262. The third kappa shape index (κ3) is 3.99. The molecule has 1 heterocycles. The van der Waals surface area contributed by atoms with E-state index >= 15 is 0 Å². The van der Waals surface area contributed by atoms with Gasteiger partial charge in [0.25, 0.3) is 5.91 Å². The van der Waals surface area contributed by atoms with Gasteiger partial charge in [-0.1, -0.05) is 0 Å². The molecule has 1 rings (SSSR count). The molecule has 0 aliphatic rings. The smallest absolute Gasteiger partial charge is 0.274 e. The SMILES string of the molecule is COCCN(CCC#N)C(=O)c1ccc(N)nn1. The van der Waals surface area contributed by atoms with Gasteiger partial charge in [-0.3, -0.25) is 4.79 Å². The van der Waals surface area contributed by atoms with Gasteiger partial charge in [-0.2, -0.15) is 5.26 Å². The monoisotopic (exact) mass is 249 g/mol. The van der Waals surface area contributed by atoms with Gasteiger partial charge in [0, 0.05) is 20.2 Å². The lowest BCUT2D eigenvalue weighted by atomic mass is 10.3. The fraction of sp³-hybridized carbons (Fsp3) is 0.455. The summed E-state index contributed by atoms with van der Waals surface area (Å²) >= 11 is 0. The van der Waals surface area contributed by atoms with E-state index in [0.717, 1.165) is 0 Å². The molecule has 0 saturated carbocycles. The number of nitrogens with zero attached hydrogens (tertiary/aromatic N) is 4. The number of methoxy groups -OCH3 is 1. The first-order chi connectivity index (χ1) is 8.69. The highest BCUT2D eigenvalue weighted by Crippen LogP contribution is 2.03. The van der Waals surface area contributed by atoms with Crippen molar-refractivity contribution in [1.29, 1.82) is 5.26 Å². The molecule has 1 aromatic rings. The Labute approximate surface area is 105 Å². The number of nitrogens with two attached hydrogens (primary N) is 1. The van der Waals surface area contributed by atoms with Crippen molar-refractivity contribution in [2.75, 3.05) is 32.5 Å². The van der Waals surface area contributed by atoms with Crippen LogP contribution >= 0.6 is 0 Å². The molecular weight excluding hydrogens is 234 g/mol. The number of carbonyl (C=O) groups excluding carboxylic acids is 1. The molecule has 7 heteroatoms. The van der Waals surface area contributed by atoms with Crippen LogP contribution in [0.25, 0.3) is 0 Å². The summed E-state index contributed by atoms with van der Waals surface area (Å²) in [5.41, 5.74) is 5.61. The topological polar surface area (TPSA) is 105 Å². The molecule has 0 bridgehead atoms. The zero-order chi connectivity index (χ0) is 13.4. The van der Waals surface area contributed by atoms with Crippen LogP contribution < -0.4 is 5.73 Å². The van der Waals surface area contributed by atoms with E-state index in [2.05, 4.69) is 10.2 Å². The van der Waals surface area contributed by atoms with E-state index in [4.69, 9.17) is 15.7 Å². The Balaban J connectivity index is 2.74. The first-order valence-corrected chi connectivity index (χ1v) is 5.43. The fourth-order valence-corrected chi connectivity index (χ4v) is 1.32. The number of rotatable bonds is 6. The van der Waals surface area contributed by atoms with Gasteiger partial charge in [-0.05, 0) is 12.1 Å². The van der Waals surface area contributed by atoms with Crippen molar-refractivity contribution in [1.82, 2.24) is 15.1 Å². The maximum Gasteiger partial charge on any atom is 0.274 e. The number of nitriles is 1. The summed E-state index contributed by atoms with van der Waals surface area (Å²) in [4.78, 5) is 13.6. The molecular formula is C11H15N5O2. The van der Waals surface area contributed by atoms with Gasteiger partial charge in [0.2, 0.25) is 0 Å². The van der Waals surface area contributed by atoms with Crippen LogP contribution in [0.4, 0.5) is 5.82 Å². The predicted octanol–water partition coefficient (Wildman–Crippen LogP) is 0.0611. The Kier molecular flexibility index (Phi) is 5.54. The predicted molar refractivity (Wildman–Crippen MR) is 64.5 cm³/mol. The first-order valence-electron chi connectivity index (χ1n) is 5.43. The van der Waals surface area contributed by atoms with Crippen LogP contribution in [0.15, 0.2) is 12.1 Å². The van der Waals surface area contributed by atoms with Crippen LogP contribution in [-0.4, -0.2) is 47.8 Å². The van der Waals surface area contributed by atoms with Crippen LogP contribution in [0.1, 0.15) is 16.9 Å². The van der Waals surface area contributed by atoms with Crippen molar-refractivity contribution < 1.29 is 9.53 Å². The van der Waals surface area contributed by atoms with Crippen molar-refractivity contribution in [2.45, 2.75) is 6.42 Å². The number of hydrogen-bond donors (Lipinski definition) is 1. The summed E-state index contributed by atoms with van der Waals surface area (Å²) in [5.74, 6) is -0.0261. The fourth-order valence-electron chi connectivity index (χ4n) is 1.32. The van der Waals surface area contributed by atoms with E-state index < -0.39 is 0 Å². The van der Waals surface area contributed by atoms with Gasteiger partial charge in [0.15, 0.2) is 5.69 Å². The minimum atomic E-state index is -0.283. The number of ether oxygens (including phenoxy) is 1. The van der Waals surface area contributed by atoms with Crippen molar-refractivity contribution in [3.05, 3.63) is 17.8 Å². The van der Waals surface area contributed by atoms with Crippen LogP contribution in [0.2, 0.25) is 0 Å². The maximum absolute atomic E-state index is 12.1. The average molecular weight is 249 g/mol. The normalized spacial score (nSPS) is 9.78. The summed E-state index contributed by atoms with van der Waals surface area (Å²) in [5, 5.41) is 15.9. The lowest BCUT2D eigenvalue weighted by Crippen LogP contribution is -2.35. The minimum absolute atomic E-state index is 0.207. The van der Waals surface area contributed by atoms with Crippen molar-refractivity contribution in [2.24, 2.45) is 0 Å². The highest BCUT2D eigenvalue weighted by molar-refractivity contribution is 5.92. The van der Waals surface area contributed by atoms with Crippen LogP contribution in [0.3, 0.4) is 0 Å². The van der Waals surface area contributed by atoms with Crippen molar-refractivity contribution in [3.8, 4) is 6.07 Å². The Hall–Kier alpha value is -2.20. The van der Waals surface area contributed by atoms with Gasteiger partial charge in [-0.25, -0.2) is 0 Å². The molecule has 96 valence electrons. The van der Waals surface area contributed by atoms with Crippen LogP contribution in [0.5, 0.6) is 0 Å². The molecule has 0 spiro atoms. The van der Waals surface area contributed by atoms with Gasteiger partial charge in [0.05, 0.1) is 19.1 Å². The van der Waals surface area contributed by atoms with Gasteiger partial charge >= 0.3 is 0 Å². The lowest BCUT2D eigenvalue weighted by molar-refractivity contribution is 0.0693. The summed E-state index contributed by atoms with van der Waals surface area (Å²) in [7, 11) is 1.55. The maximum atomic E-state index is 12.1. The van der Waals surface area contributed by atoms with Gasteiger partial charge in [-0.15, -0.1) is 10.2 Å². The van der Waals surface area contributed by atoms with Gasteiger partial charge in [0.1, 0.15) is 5.82 Å². The highest BCUT2D eigenvalue weighted by atomic mass is 16.5. The second-order valence-corrected chi connectivity index (χ2v) is 3.54. The molecule has 1 amide bonds. The summed E-state index contributed by atoms with van der Waals surface area (Å²) < 4.78 is 4.92. The van der Waals surface area contributed by atoms with E-state index in [-0.39, 0.29) is 23.8 Å². The molecule has 0 aliphatic carbocycles. The number of aromatic nitrogens is 2. The Morgan fingerprint density at radius 2 is 2.28 bits per heavy atom. The molecule has 0 radical (unpaired) electrons. The quantitative estimate of drug-likeness (QED) is 0.764. The molecule has 0 aliphatic heterocycles. The molecule has 0 unspecified atom stereocenters. The van der Waals surface area contributed by atoms with E-state index in [9.17, 15) is 4.79 Å².